The van der Waals surface area contributed by atoms with Crippen LogP contribution in [-0.2, 0) is 6.54 Å². The summed E-state index contributed by atoms with van der Waals surface area (Å²) in [5.74, 6) is 0. The minimum Gasteiger partial charge on any atom is -0.332 e. The Morgan fingerprint density at radius 2 is 1.75 bits per heavy atom. The molecule has 1 aliphatic heterocycles. The second-order valence-electron chi connectivity index (χ2n) is 6.53. The number of hydrogen-bond acceptors (Lipinski definition) is 3. The second-order valence-corrected chi connectivity index (χ2v) is 6.92. The molecule has 0 amide bonds. The molecule has 124 valence electrons. The van der Waals surface area contributed by atoms with Crippen LogP contribution in [0, 0.1) is 4.77 Å². The van der Waals surface area contributed by atoms with Crippen LogP contribution in [-0.4, -0.2) is 34.1 Å². The molecule has 24 heavy (non-hydrogen) atoms. The summed E-state index contributed by atoms with van der Waals surface area (Å²) < 4.78 is 2.23. The predicted octanol–water partition coefficient (Wildman–Crippen LogP) is 3.70. The number of benzene rings is 2. The lowest BCUT2D eigenvalue weighted by Gasteiger charge is -2.15. The van der Waals surface area contributed by atoms with Crippen molar-refractivity contribution in [3.63, 3.8) is 0 Å². The maximum Gasteiger partial charge on any atom is 0.262 e. The Morgan fingerprint density at radius 1 is 1.04 bits per heavy atom. The Hall–Kier alpha value is -1.98. The highest BCUT2D eigenvalue weighted by atomic mass is 32.1. The van der Waals surface area contributed by atoms with Gasteiger partial charge in [0.1, 0.15) is 0 Å². The predicted molar refractivity (Wildman–Crippen MR) is 101 cm³/mol. The van der Waals surface area contributed by atoms with Crippen molar-refractivity contribution in [2.75, 3.05) is 19.6 Å². The number of H-pyrrole nitrogens is 1. The summed E-state index contributed by atoms with van der Waals surface area (Å²) in [5.41, 5.74) is 0.834. The molecule has 0 spiro atoms. The molecule has 2 heterocycles. The molecule has 1 saturated heterocycles. The van der Waals surface area contributed by atoms with Crippen molar-refractivity contribution in [2.24, 2.45) is 0 Å². The molecule has 0 bridgehead atoms. The largest absolute Gasteiger partial charge is 0.332 e. The van der Waals surface area contributed by atoms with E-state index in [1.807, 2.05) is 36.4 Å². The lowest BCUT2D eigenvalue weighted by molar-refractivity contribution is 0.324. The summed E-state index contributed by atoms with van der Waals surface area (Å²) in [4.78, 5) is 18.6. The molecule has 0 saturated carbocycles. The van der Waals surface area contributed by atoms with E-state index in [1.165, 1.54) is 25.9 Å². The van der Waals surface area contributed by atoms with Crippen LogP contribution >= 0.6 is 12.2 Å². The number of nitrogens with one attached hydrogen (secondary N) is 1. The Balaban J connectivity index is 1.68. The van der Waals surface area contributed by atoms with Crippen LogP contribution < -0.4 is 5.56 Å². The molecule has 0 unspecified atom stereocenters. The SMILES string of the molecule is O=c1c2cc3ccccc3cc2[nH]c(=S)n1CCCN1CCCC1. The van der Waals surface area contributed by atoms with Crippen molar-refractivity contribution in [2.45, 2.75) is 25.8 Å². The molecule has 1 fully saturated rings. The Bertz CT molecular complexity index is 999. The van der Waals surface area contributed by atoms with Crippen LogP contribution in [0.4, 0.5) is 0 Å². The van der Waals surface area contributed by atoms with Gasteiger partial charge in [-0.2, -0.15) is 0 Å². The van der Waals surface area contributed by atoms with Gasteiger partial charge in [-0.15, -0.1) is 0 Å². The first-order valence-corrected chi connectivity index (χ1v) is 9.01. The fourth-order valence-corrected chi connectivity index (χ4v) is 3.89. The van der Waals surface area contributed by atoms with Crippen molar-refractivity contribution >= 4 is 33.9 Å². The van der Waals surface area contributed by atoms with E-state index in [2.05, 4.69) is 9.88 Å². The minimum atomic E-state index is 0.0147. The molecule has 0 atom stereocenters. The van der Waals surface area contributed by atoms with E-state index in [0.717, 1.165) is 29.3 Å². The smallest absolute Gasteiger partial charge is 0.262 e. The molecule has 4 rings (SSSR count). The highest BCUT2D eigenvalue weighted by molar-refractivity contribution is 7.71. The summed E-state index contributed by atoms with van der Waals surface area (Å²) in [6.07, 6.45) is 3.54. The zero-order valence-electron chi connectivity index (χ0n) is 13.6. The molecule has 3 aromatic rings. The number of rotatable bonds is 4. The molecule has 5 heteroatoms. The highest BCUT2D eigenvalue weighted by Crippen LogP contribution is 2.19. The Morgan fingerprint density at radius 3 is 2.50 bits per heavy atom. The third kappa shape index (κ3) is 2.89. The topological polar surface area (TPSA) is 41.0 Å². The number of aromatic nitrogens is 2. The van der Waals surface area contributed by atoms with Gasteiger partial charge in [0, 0.05) is 6.54 Å². The van der Waals surface area contributed by atoms with E-state index in [9.17, 15) is 4.79 Å². The molecular weight excluding hydrogens is 318 g/mol. The van der Waals surface area contributed by atoms with Crippen LogP contribution in [0.1, 0.15) is 19.3 Å². The molecular formula is C19H21N3OS. The number of aromatic amines is 1. The van der Waals surface area contributed by atoms with Crippen molar-refractivity contribution < 1.29 is 0 Å². The van der Waals surface area contributed by atoms with Crippen molar-refractivity contribution in [1.29, 1.82) is 0 Å². The van der Waals surface area contributed by atoms with Gasteiger partial charge in [0.2, 0.25) is 0 Å². The van der Waals surface area contributed by atoms with Gasteiger partial charge in [-0.3, -0.25) is 9.36 Å². The summed E-state index contributed by atoms with van der Waals surface area (Å²) in [6, 6.07) is 12.1. The van der Waals surface area contributed by atoms with Gasteiger partial charge in [0.15, 0.2) is 4.77 Å². The second kappa shape index (κ2) is 6.49. The molecule has 1 aromatic heterocycles. The molecule has 1 aliphatic rings. The van der Waals surface area contributed by atoms with Gasteiger partial charge < -0.3 is 9.88 Å². The fraction of sp³-hybridized carbons (Fsp3) is 0.368. The van der Waals surface area contributed by atoms with Crippen LogP contribution in [0.2, 0.25) is 0 Å². The lowest BCUT2D eigenvalue weighted by atomic mass is 10.1. The van der Waals surface area contributed by atoms with Crippen molar-refractivity contribution in [3.05, 3.63) is 51.5 Å². The summed E-state index contributed by atoms with van der Waals surface area (Å²) in [6.45, 7) is 4.08. The Labute approximate surface area is 145 Å². The summed E-state index contributed by atoms with van der Waals surface area (Å²) in [5, 5.41) is 2.90. The van der Waals surface area contributed by atoms with E-state index in [-0.39, 0.29) is 5.56 Å². The molecule has 0 aliphatic carbocycles. The standard InChI is InChI=1S/C19H21N3OS/c23-18-16-12-14-6-1-2-7-15(14)13-17(16)20-19(24)22(18)11-5-10-21-8-3-4-9-21/h1-2,6-7,12-13H,3-5,8-11H2,(H,20,24). The van der Waals surface area contributed by atoms with E-state index in [4.69, 9.17) is 12.2 Å². The third-order valence-corrected chi connectivity index (χ3v) is 5.23. The zero-order chi connectivity index (χ0) is 16.5. The van der Waals surface area contributed by atoms with Crippen LogP contribution in [0.5, 0.6) is 0 Å². The van der Waals surface area contributed by atoms with Crippen LogP contribution in [0.3, 0.4) is 0 Å². The normalized spacial score (nSPS) is 15.5. The summed E-state index contributed by atoms with van der Waals surface area (Å²) >= 11 is 5.43. The first-order valence-electron chi connectivity index (χ1n) is 8.60. The third-order valence-electron chi connectivity index (χ3n) is 4.90. The average Bonchev–Trinajstić information content (AvgIpc) is 3.10. The van der Waals surface area contributed by atoms with Gasteiger partial charge >= 0.3 is 0 Å². The van der Waals surface area contributed by atoms with Gasteiger partial charge in [0.05, 0.1) is 10.9 Å². The average molecular weight is 339 g/mol. The molecule has 2 aromatic carbocycles. The monoisotopic (exact) mass is 339 g/mol. The quantitative estimate of drug-likeness (QED) is 0.582. The number of likely N-dealkylation sites (tertiary alicyclic amines) is 1. The van der Waals surface area contributed by atoms with Gasteiger partial charge in [-0.05, 0) is 74.0 Å². The first-order chi connectivity index (χ1) is 11.7. The van der Waals surface area contributed by atoms with Crippen molar-refractivity contribution in [3.8, 4) is 0 Å². The first kappa shape index (κ1) is 15.5. The molecule has 4 nitrogen and oxygen atoms in total. The number of nitrogens with zero attached hydrogens (tertiary/aromatic N) is 2. The number of fused-ring (bicyclic) bond motifs is 2. The van der Waals surface area contributed by atoms with Gasteiger partial charge in [-0.1, -0.05) is 24.3 Å². The maximum absolute atomic E-state index is 12.9. The van der Waals surface area contributed by atoms with Crippen LogP contribution in [0.15, 0.2) is 41.2 Å². The van der Waals surface area contributed by atoms with Crippen molar-refractivity contribution in [1.82, 2.24) is 14.5 Å². The summed E-state index contributed by atoms with van der Waals surface area (Å²) in [7, 11) is 0. The van der Waals surface area contributed by atoms with E-state index in [0.29, 0.717) is 16.7 Å². The molecule has 1 N–H and O–H groups in total. The van der Waals surface area contributed by atoms with Crippen LogP contribution in [0.25, 0.3) is 21.7 Å². The van der Waals surface area contributed by atoms with E-state index >= 15 is 0 Å². The number of hydrogen-bond donors (Lipinski definition) is 1. The highest BCUT2D eigenvalue weighted by Gasteiger charge is 2.12. The van der Waals surface area contributed by atoms with Gasteiger partial charge in [-0.25, -0.2) is 0 Å². The van der Waals surface area contributed by atoms with E-state index in [1.54, 1.807) is 4.57 Å². The Kier molecular flexibility index (Phi) is 4.21. The maximum atomic E-state index is 12.9. The zero-order valence-corrected chi connectivity index (χ0v) is 14.4. The molecule has 0 radical (unpaired) electrons. The van der Waals surface area contributed by atoms with E-state index < -0.39 is 0 Å². The lowest BCUT2D eigenvalue weighted by Crippen LogP contribution is -2.26. The minimum absolute atomic E-state index is 0.0147. The van der Waals surface area contributed by atoms with Gasteiger partial charge in [0.25, 0.3) is 5.56 Å². The fourth-order valence-electron chi connectivity index (χ4n) is 3.60.